The van der Waals surface area contributed by atoms with E-state index in [0.29, 0.717) is 18.2 Å². The highest BCUT2D eigenvalue weighted by Crippen LogP contribution is 2.42. The second-order valence-electron chi connectivity index (χ2n) is 8.48. The Morgan fingerprint density at radius 3 is 2.68 bits per heavy atom. The summed E-state index contributed by atoms with van der Waals surface area (Å²) in [6, 6.07) is 0.813. The summed E-state index contributed by atoms with van der Waals surface area (Å²) in [6.45, 7) is 11.1. The Morgan fingerprint density at radius 2 is 2.04 bits per heavy atom. The van der Waals surface area contributed by atoms with E-state index in [-0.39, 0.29) is 0 Å². The highest BCUT2D eigenvalue weighted by atomic mass is 15.4. The van der Waals surface area contributed by atoms with E-state index in [1.165, 1.54) is 41.0 Å². The van der Waals surface area contributed by atoms with Gasteiger partial charge in [0.15, 0.2) is 0 Å². The van der Waals surface area contributed by atoms with Crippen LogP contribution in [0.15, 0.2) is 83.3 Å². The first-order valence-corrected chi connectivity index (χ1v) is 11.0. The van der Waals surface area contributed by atoms with E-state index in [9.17, 15) is 0 Å². The second kappa shape index (κ2) is 8.03. The quantitative estimate of drug-likeness (QED) is 0.514. The number of allylic oxidation sites excluding steroid dienone is 9. The zero-order valence-electron chi connectivity index (χ0n) is 17.7. The normalized spacial score (nSPS) is 27.7. The van der Waals surface area contributed by atoms with Gasteiger partial charge in [0, 0.05) is 11.7 Å². The number of nitrogens with zero attached hydrogens (tertiary/aromatic N) is 2. The van der Waals surface area contributed by atoms with Crippen molar-refractivity contribution in [2.45, 2.75) is 77.5 Å². The largest absolute Gasteiger partial charge is 0.346 e. The first kappa shape index (κ1) is 19.1. The van der Waals surface area contributed by atoms with Gasteiger partial charge in [0.2, 0.25) is 0 Å². The number of hydrogen-bond acceptors (Lipinski definition) is 2. The molecule has 1 aliphatic heterocycles. The summed E-state index contributed by atoms with van der Waals surface area (Å²) >= 11 is 0. The van der Waals surface area contributed by atoms with Crippen LogP contribution in [0.5, 0.6) is 0 Å². The molecular formula is C26H34N2. The minimum Gasteiger partial charge on any atom is -0.346 e. The topological polar surface area (TPSA) is 6.48 Å². The van der Waals surface area contributed by atoms with Crippen LogP contribution in [-0.4, -0.2) is 28.0 Å². The van der Waals surface area contributed by atoms with Gasteiger partial charge in [-0.2, -0.15) is 0 Å². The molecule has 0 N–H and O–H groups in total. The van der Waals surface area contributed by atoms with Crippen LogP contribution in [0.2, 0.25) is 0 Å². The molecule has 4 aliphatic rings. The third-order valence-corrected chi connectivity index (χ3v) is 6.67. The van der Waals surface area contributed by atoms with Gasteiger partial charge < -0.3 is 9.80 Å². The van der Waals surface area contributed by atoms with E-state index in [2.05, 4.69) is 85.8 Å². The molecule has 2 nitrogen and oxygen atoms in total. The Labute approximate surface area is 171 Å². The van der Waals surface area contributed by atoms with Crippen LogP contribution in [0.1, 0.15) is 59.3 Å². The van der Waals surface area contributed by atoms with Crippen LogP contribution >= 0.6 is 0 Å². The highest BCUT2D eigenvalue weighted by Gasteiger charge is 2.41. The fourth-order valence-electron chi connectivity index (χ4n) is 5.03. The van der Waals surface area contributed by atoms with Crippen LogP contribution < -0.4 is 0 Å². The van der Waals surface area contributed by atoms with Crippen molar-refractivity contribution in [1.29, 1.82) is 0 Å². The third kappa shape index (κ3) is 3.34. The fourth-order valence-corrected chi connectivity index (χ4v) is 5.03. The lowest BCUT2D eigenvalue weighted by atomic mass is 9.91. The van der Waals surface area contributed by atoms with E-state index in [0.717, 1.165) is 25.7 Å². The summed E-state index contributed by atoms with van der Waals surface area (Å²) in [7, 11) is 0. The van der Waals surface area contributed by atoms with Crippen molar-refractivity contribution in [3.63, 3.8) is 0 Å². The monoisotopic (exact) mass is 374 g/mol. The van der Waals surface area contributed by atoms with E-state index >= 15 is 0 Å². The smallest absolute Gasteiger partial charge is 0.102 e. The van der Waals surface area contributed by atoms with Gasteiger partial charge in [-0.25, -0.2) is 0 Å². The summed E-state index contributed by atoms with van der Waals surface area (Å²) in [4.78, 5) is 5.34. The van der Waals surface area contributed by atoms with Crippen molar-refractivity contribution >= 4 is 0 Å². The molecule has 4 rings (SSSR count). The predicted molar refractivity (Wildman–Crippen MR) is 120 cm³/mol. The molecule has 0 bridgehead atoms. The van der Waals surface area contributed by atoms with Gasteiger partial charge in [-0.3, -0.25) is 0 Å². The van der Waals surface area contributed by atoms with Gasteiger partial charge >= 0.3 is 0 Å². The van der Waals surface area contributed by atoms with Crippen LogP contribution in [0.25, 0.3) is 0 Å². The summed E-state index contributed by atoms with van der Waals surface area (Å²) in [5.41, 5.74) is 7.12. The molecule has 0 saturated carbocycles. The molecular weight excluding hydrogens is 340 g/mol. The Morgan fingerprint density at radius 1 is 1.21 bits per heavy atom. The predicted octanol–water partition coefficient (Wildman–Crippen LogP) is 6.40. The van der Waals surface area contributed by atoms with Gasteiger partial charge in [0.05, 0.1) is 11.7 Å². The molecule has 0 fully saturated rings. The maximum absolute atomic E-state index is 4.26. The average molecular weight is 375 g/mol. The SMILES string of the molecule is C=C(C)[C@H](C)N1C2=C(CCC=C2)N(C2C=CC(C3=CC=CCC3)=CC2)C1CC. The molecule has 3 atom stereocenters. The lowest BCUT2D eigenvalue weighted by Crippen LogP contribution is -2.47. The molecule has 2 unspecified atom stereocenters. The summed E-state index contributed by atoms with van der Waals surface area (Å²) < 4.78 is 0. The lowest BCUT2D eigenvalue weighted by molar-refractivity contribution is 0.0963. The van der Waals surface area contributed by atoms with Gasteiger partial charge in [-0.15, -0.1) is 0 Å². The van der Waals surface area contributed by atoms with Crippen molar-refractivity contribution in [2.24, 2.45) is 0 Å². The van der Waals surface area contributed by atoms with Gasteiger partial charge in [0.1, 0.15) is 6.17 Å². The second-order valence-corrected chi connectivity index (χ2v) is 8.48. The van der Waals surface area contributed by atoms with Crippen molar-refractivity contribution in [3.05, 3.63) is 83.3 Å². The minimum absolute atomic E-state index is 0.362. The standard InChI is InChI=1S/C26H34N2/c1-5-26-27(20(4)19(2)3)24-13-9-10-14-25(24)28(26)23-17-15-22(16-18-23)21-11-7-6-8-12-21/h6-7,9,11,13,15-17,20,23,26H,2,5,8,10,12,14,18H2,1,3-4H3/t20-,23?,26?/m0/s1. The van der Waals surface area contributed by atoms with Crippen molar-refractivity contribution in [1.82, 2.24) is 9.80 Å². The Hall–Kier alpha value is -2.22. The van der Waals surface area contributed by atoms with Crippen molar-refractivity contribution in [2.75, 3.05) is 0 Å². The Bertz CT molecular complexity index is 817. The molecule has 148 valence electrons. The Balaban J connectivity index is 1.61. The average Bonchev–Trinajstić information content (AvgIpc) is 3.08. The molecule has 1 heterocycles. The minimum atomic E-state index is 0.362. The van der Waals surface area contributed by atoms with E-state index in [4.69, 9.17) is 0 Å². The van der Waals surface area contributed by atoms with Crippen LogP contribution in [0.4, 0.5) is 0 Å². The molecule has 28 heavy (non-hydrogen) atoms. The zero-order chi connectivity index (χ0) is 19.7. The molecule has 2 heteroatoms. The van der Waals surface area contributed by atoms with Crippen LogP contribution in [0, 0.1) is 0 Å². The molecule has 0 aromatic carbocycles. The maximum Gasteiger partial charge on any atom is 0.102 e. The molecule has 3 aliphatic carbocycles. The molecule has 0 radical (unpaired) electrons. The molecule has 0 saturated heterocycles. The summed E-state index contributed by atoms with van der Waals surface area (Å²) in [5, 5.41) is 0. The van der Waals surface area contributed by atoms with Crippen LogP contribution in [-0.2, 0) is 0 Å². The number of hydrogen-bond donors (Lipinski definition) is 0. The van der Waals surface area contributed by atoms with Crippen molar-refractivity contribution < 1.29 is 0 Å². The molecule has 0 amide bonds. The van der Waals surface area contributed by atoms with E-state index in [1.54, 1.807) is 0 Å². The summed E-state index contributed by atoms with van der Waals surface area (Å²) in [5.74, 6) is 0. The zero-order valence-corrected chi connectivity index (χ0v) is 17.7. The fraction of sp³-hybridized carbons (Fsp3) is 0.462. The first-order valence-electron chi connectivity index (χ1n) is 11.0. The van der Waals surface area contributed by atoms with E-state index in [1.807, 2.05) is 0 Å². The summed E-state index contributed by atoms with van der Waals surface area (Å²) in [6.07, 6.45) is 26.0. The highest BCUT2D eigenvalue weighted by molar-refractivity contribution is 5.46. The molecule has 0 aromatic heterocycles. The lowest BCUT2D eigenvalue weighted by Gasteiger charge is -2.41. The van der Waals surface area contributed by atoms with Crippen LogP contribution in [0.3, 0.4) is 0 Å². The van der Waals surface area contributed by atoms with Crippen molar-refractivity contribution in [3.8, 4) is 0 Å². The van der Waals surface area contributed by atoms with Gasteiger partial charge in [-0.1, -0.05) is 61.6 Å². The van der Waals surface area contributed by atoms with Gasteiger partial charge in [-0.05, 0) is 69.6 Å². The first-order chi connectivity index (χ1) is 13.6. The Kier molecular flexibility index (Phi) is 5.48. The molecule has 0 aromatic rings. The van der Waals surface area contributed by atoms with Gasteiger partial charge in [0.25, 0.3) is 0 Å². The molecule has 0 spiro atoms. The number of rotatable bonds is 5. The maximum atomic E-state index is 4.26. The third-order valence-electron chi connectivity index (χ3n) is 6.67. The van der Waals surface area contributed by atoms with E-state index < -0.39 is 0 Å².